The molecule has 0 N–H and O–H groups in total. The average molecular weight is 708 g/mol. The van der Waals surface area contributed by atoms with E-state index in [-0.39, 0.29) is 16.2 Å². The Hall–Kier alpha value is -5.66. The van der Waals surface area contributed by atoms with Gasteiger partial charge in [-0.15, -0.1) is 0 Å². The van der Waals surface area contributed by atoms with Crippen LogP contribution < -0.4 is 4.90 Å². The molecule has 0 aliphatic heterocycles. The van der Waals surface area contributed by atoms with E-state index in [1.807, 2.05) is 6.08 Å². The van der Waals surface area contributed by atoms with Gasteiger partial charge in [-0.3, -0.25) is 0 Å². The molecule has 0 aromatic heterocycles. The number of hydrogen-bond donors (Lipinski definition) is 0. The molecule has 0 heterocycles. The van der Waals surface area contributed by atoms with Crippen molar-refractivity contribution < 1.29 is 0 Å². The van der Waals surface area contributed by atoms with Gasteiger partial charge >= 0.3 is 0 Å². The highest BCUT2D eigenvalue weighted by atomic mass is 15.1. The quantitative estimate of drug-likeness (QED) is 0.167. The molecule has 13 rings (SSSR count). The SMILES string of the molecule is C=Cc1ccc(C23CC4CC(c5ccc6c(c5)C5(C7=C(CCC=C7)c7ccccc75)c5cc(N(c7ccccc7)c7ccccc7)ccc5-6)(CC4C2)C3)cc1. The lowest BCUT2D eigenvalue weighted by molar-refractivity contribution is 0.188. The van der Waals surface area contributed by atoms with Crippen LogP contribution in [0.1, 0.15) is 83.9 Å². The summed E-state index contributed by atoms with van der Waals surface area (Å²) in [4.78, 5) is 2.43. The summed E-state index contributed by atoms with van der Waals surface area (Å²) in [6.07, 6.45) is 15.7. The molecule has 0 amide bonds. The van der Waals surface area contributed by atoms with Crippen LogP contribution >= 0.6 is 0 Å². The van der Waals surface area contributed by atoms with Gasteiger partial charge < -0.3 is 4.90 Å². The van der Waals surface area contributed by atoms with Crippen molar-refractivity contribution in [1.29, 1.82) is 0 Å². The molecule has 1 spiro atoms. The van der Waals surface area contributed by atoms with E-state index in [4.69, 9.17) is 0 Å². The van der Waals surface area contributed by atoms with E-state index >= 15 is 0 Å². The molecule has 266 valence electrons. The topological polar surface area (TPSA) is 3.24 Å². The Morgan fingerprint density at radius 2 is 1.15 bits per heavy atom. The van der Waals surface area contributed by atoms with Crippen LogP contribution in [-0.2, 0) is 16.2 Å². The van der Waals surface area contributed by atoms with Gasteiger partial charge in [-0.1, -0.05) is 134 Å². The fourth-order valence-electron chi connectivity index (χ4n) is 13.0. The second-order valence-corrected chi connectivity index (χ2v) is 17.5. The van der Waals surface area contributed by atoms with E-state index in [9.17, 15) is 0 Å². The molecule has 7 aliphatic rings. The summed E-state index contributed by atoms with van der Waals surface area (Å²) in [5.41, 5.74) is 19.7. The smallest absolute Gasteiger partial charge is 0.0723 e. The molecule has 7 aliphatic carbocycles. The van der Waals surface area contributed by atoms with Crippen LogP contribution in [0.4, 0.5) is 17.1 Å². The zero-order chi connectivity index (χ0) is 36.4. The average Bonchev–Trinajstić information content (AvgIpc) is 3.89. The highest BCUT2D eigenvalue weighted by Crippen LogP contribution is 2.71. The number of nitrogens with zero attached hydrogens (tertiary/aromatic N) is 1. The van der Waals surface area contributed by atoms with Gasteiger partial charge in [0, 0.05) is 17.1 Å². The van der Waals surface area contributed by atoms with Crippen LogP contribution in [0, 0.1) is 11.8 Å². The summed E-state index contributed by atoms with van der Waals surface area (Å²) >= 11 is 0. The summed E-state index contributed by atoms with van der Waals surface area (Å²) in [5, 5.41) is 0. The minimum atomic E-state index is -0.358. The van der Waals surface area contributed by atoms with Crippen molar-refractivity contribution in [1.82, 2.24) is 0 Å². The molecule has 55 heavy (non-hydrogen) atoms. The number of allylic oxidation sites excluding steroid dienone is 4. The first-order valence-corrected chi connectivity index (χ1v) is 20.5. The Morgan fingerprint density at radius 3 is 1.84 bits per heavy atom. The minimum Gasteiger partial charge on any atom is -0.310 e. The fraction of sp³-hybridized carbons (Fsp3) is 0.222. The lowest BCUT2D eigenvalue weighted by Gasteiger charge is -2.47. The normalized spacial score (nSPS) is 27.3. The van der Waals surface area contributed by atoms with Crippen LogP contribution in [0.15, 0.2) is 170 Å². The molecular weight excluding hydrogens is 663 g/mol. The number of hydrogen-bond acceptors (Lipinski definition) is 1. The molecular formula is C54H45N. The van der Waals surface area contributed by atoms with Gasteiger partial charge in [0.25, 0.3) is 0 Å². The van der Waals surface area contributed by atoms with E-state index in [1.54, 1.807) is 11.1 Å². The standard InChI is InChI=1S/C54H45N/c1-2-36-21-23-39(24-22-36)52-31-37-33-53(35-52,34-38(37)32-52)40-25-27-46-47-28-26-43(55(41-13-5-3-6-14-41)42-15-7-4-8-16-42)30-51(47)54(50(46)29-40)48-19-11-9-17-44(48)45-18-10-12-20-49(45)54/h2-9,11-17,19-30,37-38H,1,10,18,31-35H2. The first-order chi connectivity index (χ1) is 27.1. The Kier molecular flexibility index (Phi) is 6.58. The first kappa shape index (κ1) is 31.7. The lowest BCUT2D eigenvalue weighted by atomic mass is 9.56. The van der Waals surface area contributed by atoms with Crippen LogP contribution in [0.25, 0.3) is 22.8 Å². The van der Waals surface area contributed by atoms with Crippen molar-refractivity contribution in [2.24, 2.45) is 11.8 Å². The van der Waals surface area contributed by atoms with E-state index in [0.29, 0.717) is 0 Å². The molecule has 3 atom stereocenters. The number of anilines is 3. The number of fused-ring (bicyclic) bond motifs is 9. The summed E-state index contributed by atoms with van der Waals surface area (Å²) < 4.78 is 0. The molecule has 0 saturated heterocycles. The van der Waals surface area contributed by atoms with Crippen molar-refractivity contribution in [2.45, 2.75) is 61.2 Å². The van der Waals surface area contributed by atoms with E-state index in [2.05, 4.69) is 169 Å². The number of benzene rings is 6. The summed E-state index contributed by atoms with van der Waals surface area (Å²) in [5.74, 6) is 1.64. The maximum Gasteiger partial charge on any atom is 0.0723 e. The van der Waals surface area contributed by atoms with Crippen molar-refractivity contribution in [2.75, 3.05) is 4.90 Å². The fourth-order valence-corrected chi connectivity index (χ4v) is 13.0. The van der Waals surface area contributed by atoms with Crippen LogP contribution in [0.2, 0.25) is 0 Å². The van der Waals surface area contributed by atoms with Gasteiger partial charge in [0.1, 0.15) is 0 Å². The second-order valence-electron chi connectivity index (χ2n) is 17.5. The van der Waals surface area contributed by atoms with Crippen LogP contribution in [0.5, 0.6) is 0 Å². The zero-order valence-electron chi connectivity index (χ0n) is 31.3. The molecule has 0 radical (unpaired) electrons. The largest absolute Gasteiger partial charge is 0.310 e. The summed E-state index contributed by atoms with van der Waals surface area (Å²) in [6, 6.07) is 55.7. The predicted molar refractivity (Wildman–Crippen MR) is 228 cm³/mol. The van der Waals surface area contributed by atoms with Gasteiger partial charge in [0.15, 0.2) is 0 Å². The van der Waals surface area contributed by atoms with Crippen molar-refractivity contribution >= 4 is 28.7 Å². The molecule has 4 fully saturated rings. The minimum absolute atomic E-state index is 0.217. The summed E-state index contributed by atoms with van der Waals surface area (Å²) in [6.45, 7) is 4.03. The van der Waals surface area contributed by atoms with Crippen molar-refractivity contribution in [3.05, 3.63) is 209 Å². The van der Waals surface area contributed by atoms with Gasteiger partial charge in [-0.25, -0.2) is 0 Å². The third kappa shape index (κ3) is 4.25. The monoisotopic (exact) mass is 707 g/mol. The highest BCUT2D eigenvalue weighted by Gasteiger charge is 2.63. The third-order valence-corrected chi connectivity index (χ3v) is 15.0. The number of rotatable bonds is 6. The van der Waals surface area contributed by atoms with Gasteiger partial charge in [0.05, 0.1) is 5.41 Å². The highest BCUT2D eigenvalue weighted by molar-refractivity contribution is 5.97. The molecule has 4 bridgehead atoms. The third-order valence-electron chi connectivity index (χ3n) is 15.0. The second kappa shape index (κ2) is 11.4. The van der Waals surface area contributed by atoms with Gasteiger partial charge in [-0.2, -0.15) is 0 Å². The Bertz CT molecular complexity index is 2550. The van der Waals surface area contributed by atoms with E-state index < -0.39 is 0 Å². The maximum atomic E-state index is 4.03. The van der Waals surface area contributed by atoms with Crippen LogP contribution in [0.3, 0.4) is 0 Å². The molecule has 4 saturated carbocycles. The van der Waals surface area contributed by atoms with Gasteiger partial charge in [-0.05, 0) is 165 Å². The Labute approximate surface area is 325 Å². The molecule has 3 unspecified atom stereocenters. The first-order valence-electron chi connectivity index (χ1n) is 20.5. The zero-order valence-corrected chi connectivity index (χ0v) is 31.3. The van der Waals surface area contributed by atoms with Crippen molar-refractivity contribution in [3.63, 3.8) is 0 Å². The summed E-state index contributed by atoms with van der Waals surface area (Å²) in [7, 11) is 0. The van der Waals surface area contributed by atoms with E-state index in [0.717, 1.165) is 24.7 Å². The molecule has 1 nitrogen and oxygen atoms in total. The molecule has 1 heteroatoms. The Morgan fingerprint density at radius 1 is 0.545 bits per heavy atom. The van der Waals surface area contributed by atoms with Crippen molar-refractivity contribution in [3.8, 4) is 11.1 Å². The maximum absolute atomic E-state index is 4.03. The van der Waals surface area contributed by atoms with Gasteiger partial charge in [0.2, 0.25) is 0 Å². The van der Waals surface area contributed by atoms with Crippen LogP contribution in [-0.4, -0.2) is 0 Å². The lowest BCUT2D eigenvalue weighted by Crippen LogP contribution is -2.41. The van der Waals surface area contributed by atoms with E-state index in [1.165, 1.54) is 99.3 Å². The molecule has 6 aromatic carbocycles. The predicted octanol–water partition coefficient (Wildman–Crippen LogP) is 13.6. The molecule has 6 aromatic rings. The Balaban J connectivity index is 1.07. The number of para-hydroxylation sites is 2.